The van der Waals surface area contributed by atoms with Crippen molar-refractivity contribution in [3.63, 3.8) is 0 Å². The molecule has 0 bridgehead atoms. The Bertz CT molecular complexity index is 1060. The Hall–Kier alpha value is -2.60. The van der Waals surface area contributed by atoms with Crippen LogP contribution in [0.4, 0.5) is 5.69 Å². The highest BCUT2D eigenvalue weighted by molar-refractivity contribution is 6.31. The fourth-order valence-electron chi connectivity index (χ4n) is 4.03. The van der Waals surface area contributed by atoms with E-state index < -0.39 is 0 Å². The molecule has 2 N–H and O–H groups in total. The maximum Gasteiger partial charge on any atom is 0.256 e. The van der Waals surface area contributed by atoms with Gasteiger partial charge in [-0.3, -0.25) is 4.79 Å². The number of aromatic nitrogens is 3. The molecule has 28 heavy (non-hydrogen) atoms. The van der Waals surface area contributed by atoms with Crippen LogP contribution in [0.25, 0.3) is 5.65 Å². The quantitative estimate of drug-likeness (QED) is 0.674. The number of hydrogen-bond donors (Lipinski definition) is 1. The van der Waals surface area contributed by atoms with Crippen LogP contribution < -0.4 is 5.73 Å². The minimum Gasteiger partial charge on any atom is -0.398 e. The fraction of sp³-hybridized carbons (Fsp3) is 0.381. The first-order chi connectivity index (χ1) is 13.6. The van der Waals surface area contributed by atoms with Crippen LogP contribution in [0.15, 0.2) is 36.5 Å². The van der Waals surface area contributed by atoms with Gasteiger partial charge in [-0.1, -0.05) is 11.6 Å². The van der Waals surface area contributed by atoms with Crippen molar-refractivity contribution in [1.82, 2.24) is 19.5 Å². The fourth-order valence-corrected chi connectivity index (χ4v) is 4.20. The normalized spacial score (nSPS) is 19.9. The minimum atomic E-state index is -0.0895. The zero-order valence-electron chi connectivity index (χ0n) is 15.5. The maximum absolute atomic E-state index is 13.3. The molecule has 0 unspecified atom stereocenters. The summed E-state index contributed by atoms with van der Waals surface area (Å²) in [6.45, 7) is 0.685. The van der Waals surface area contributed by atoms with Gasteiger partial charge in [-0.15, -0.1) is 0 Å². The molecule has 0 spiro atoms. The molecule has 1 amide bonds. The van der Waals surface area contributed by atoms with E-state index in [0.29, 0.717) is 28.7 Å². The second-order valence-electron chi connectivity index (χ2n) is 7.74. The Morgan fingerprint density at radius 3 is 2.79 bits per heavy atom. The number of anilines is 1. The summed E-state index contributed by atoms with van der Waals surface area (Å²) in [5.41, 5.74) is 9.83. The average molecular weight is 396 g/mol. The summed E-state index contributed by atoms with van der Waals surface area (Å²) in [5.74, 6) is 0.510. The third kappa shape index (κ3) is 3.11. The highest BCUT2D eigenvalue weighted by atomic mass is 35.5. The summed E-state index contributed by atoms with van der Waals surface area (Å²) in [6.07, 6.45) is 7.33. The molecule has 2 aromatic heterocycles. The Morgan fingerprint density at radius 2 is 1.96 bits per heavy atom. The molecular formula is C21H22ClN5O. The number of rotatable bonds is 3. The topological polar surface area (TPSA) is 76.5 Å². The number of benzene rings is 1. The maximum atomic E-state index is 13.3. The average Bonchev–Trinajstić information content (AvgIpc) is 3.48. The summed E-state index contributed by atoms with van der Waals surface area (Å²) in [6, 6.07) is 9.03. The van der Waals surface area contributed by atoms with Gasteiger partial charge >= 0.3 is 0 Å². The first-order valence-electron chi connectivity index (χ1n) is 9.82. The molecule has 5 rings (SSSR count). The number of piperidine rings is 1. The van der Waals surface area contributed by atoms with Crippen LogP contribution in [-0.2, 0) is 0 Å². The van der Waals surface area contributed by atoms with E-state index in [1.54, 1.807) is 18.2 Å². The molecule has 6 nitrogen and oxygen atoms in total. The number of nitrogens with zero attached hydrogens (tertiary/aromatic N) is 4. The van der Waals surface area contributed by atoms with E-state index in [1.807, 2.05) is 21.7 Å². The molecule has 1 saturated heterocycles. The minimum absolute atomic E-state index is 0.0780. The lowest BCUT2D eigenvalue weighted by Gasteiger charge is -2.35. The van der Waals surface area contributed by atoms with Gasteiger partial charge in [0.25, 0.3) is 5.91 Å². The first-order valence-corrected chi connectivity index (χ1v) is 10.2. The number of carbonyl (C=O) groups is 1. The third-order valence-corrected chi connectivity index (χ3v) is 5.95. The predicted molar refractivity (Wildman–Crippen MR) is 108 cm³/mol. The Kier molecular flexibility index (Phi) is 4.23. The van der Waals surface area contributed by atoms with Crippen molar-refractivity contribution < 1.29 is 4.79 Å². The molecule has 7 heteroatoms. The van der Waals surface area contributed by atoms with Gasteiger partial charge in [0.15, 0.2) is 5.65 Å². The van der Waals surface area contributed by atoms with Gasteiger partial charge in [0.1, 0.15) is 0 Å². The molecule has 1 aliphatic heterocycles. The SMILES string of the molecule is Nc1ccc(Cl)cc1C(=O)N1CCCC[C@H]1c1cc2nc(C3CC3)ccn2n1. The van der Waals surface area contributed by atoms with E-state index in [1.165, 1.54) is 12.8 Å². The van der Waals surface area contributed by atoms with Crippen LogP contribution in [0.1, 0.15) is 65.8 Å². The number of hydrogen-bond acceptors (Lipinski definition) is 4. The van der Waals surface area contributed by atoms with Crippen LogP contribution in [0, 0.1) is 0 Å². The molecule has 0 radical (unpaired) electrons. The highest BCUT2D eigenvalue weighted by Gasteiger charge is 2.32. The summed E-state index contributed by atoms with van der Waals surface area (Å²) in [4.78, 5) is 19.9. The molecule has 3 aromatic rings. The van der Waals surface area contributed by atoms with Gasteiger partial charge in [-0.2, -0.15) is 5.10 Å². The van der Waals surface area contributed by atoms with Gasteiger partial charge in [-0.25, -0.2) is 9.50 Å². The Labute approximate surface area is 168 Å². The lowest BCUT2D eigenvalue weighted by molar-refractivity contribution is 0.0607. The van der Waals surface area contributed by atoms with Gasteiger partial charge in [0, 0.05) is 41.1 Å². The second kappa shape index (κ2) is 6.78. The van der Waals surface area contributed by atoms with Gasteiger partial charge < -0.3 is 10.6 Å². The molecule has 2 aliphatic rings. The van der Waals surface area contributed by atoms with E-state index in [9.17, 15) is 4.79 Å². The third-order valence-electron chi connectivity index (χ3n) is 5.71. The number of nitrogens with two attached hydrogens (primary N) is 1. The van der Waals surface area contributed by atoms with Crippen molar-refractivity contribution in [3.8, 4) is 0 Å². The first kappa shape index (κ1) is 17.5. The van der Waals surface area contributed by atoms with Crippen molar-refractivity contribution in [1.29, 1.82) is 0 Å². The number of amides is 1. The summed E-state index contributed by atoms with van der Waals surface area (Å²) >= 11 is 6.10. The summed E-state index contributed by atoms with van der Waals surface area (Å²) in [5, 5.41) is 5.24. The second-order valence-corrected chi connectivity index (χ2v) is 8.18. The van der Waals surface area contributed by atoms with E-state index in [-0.39, 0.29) is 11.9 Å². The Balaban J connectivity index is 1.49. The number of likely N-dealkylation sites (tertiary alicyclic amines) is 1. The molecule has 3 heterocycles. The monoisotopic (exact) mass is 395 g/mol. The molecule has 144 valence electrons. The van der Waals surface area contributed by atoms with E-state index in [4.69, 9.17) is 27.4 Å². The highest BCUT2D eigenvalue weighted by Crippen LogP contribution is 2.39. The summed E-state index contributed by atoms with van der Waals surface area (Å²) in [7, 11) is 0. The summed E-state index contributed by atoms with van der Waals surface area (Å²) < 4.78 is 1.81. The van der Waals surface area contributed by atoms with Crippen molar-refractivity contribution in [2.45, 2.75) is 44.1 Å². The standard InChI is InChI=1S/C21H22ClN5O/c22-14-6-7-16(23)15(11-14)21(28)26-9-2-1-3-19(26)18-12-20-24-17(13-4-5-13)8-10-27(20)25-18/h6-8,10-13,19H,1-5,9,23H2/t19-/m0/s1. The zero-order chi connectivity index (χ0) is 19.3. The van der Waals surface area contributed by atoms with Gasteiger partial charge in [0.2, 0.25) is 0 Å². The molecule has 1 aliphatic carbocycles. The van der Waals surface area contributed by atoms with E-state index in [2.05, 4.69) is 6.07 Å². The van der Waals surface area contributed by atoms with Gasteiger partial charge in [0.05, 0.1) is 17.3 Å². The van der Waals surface area contributed by atoms with Crippen molar-refractivity contribution in [3.05, 3.63) is 58.5 Å². The van der Waals surface area contributed by atoms with Crippen molar-refractivity contribution >= 4 is 28.8 Å². The molecule has 2 fully saturated rings. The molecule has 1 saturated carbocycles. The largest absolute Gasteiger partial charge is 0.398 e. The molecule has 1 aromatic carbocycles. The van der Waals surface area contributed by atoms with Crippen molar-refractivity contribution in [2.75, 3.05) is 12.3 Å². The number of fused-ring (bicyclic) bond motifs is 1. The number of halogens is 1. The molecule has 1 atom stereocenters. The van der Waals surface area contributed by atoms with Crippen LogP contribution in [0.2, 0.25) is 5.02 Å². The van der Waals surface area contributed by atoms with Crippen LogP contribution in [0.5, 0.6) is 0 Å². The van der Waals surface area contributed by atoms with E-state index >= 15 is 0 Å². The lowest BCUT2D eigenvalue weighted by atomic mass is 9.98. The Morgan fingerprint density at radius 1 is 1.11 bits per heavy atom. The van der Waals surface area contributed by atoms with Gasteiger partial charge in [-0.05, 0) is 56.4 Å². The number of carbonyl (C=O) groups excluding carboxylic acids is 1. The van der Waals surface area contributed by atoms with Crippen LogP contribution >= 0.6 is 11.6 Å². The predicted octanol–water partition coefficient (Wildman–Crippen LogP) is 4.21. The number of nitrogen functional groups attached to an aromatic ring is 1. The van der Waals surface area contributed by atoms with Crippen LogP contribution in [0.3, 0.4) is 0 Å². The van der Waals surface area contributed by atoms with Crippen molar-refractivity contribution in [2.24, 2.45) is 0 Å². The lowest BCUT2D eigenvalue weighted by Crippen LogP contribution is -2.39. The smallest absolute Gasteiger partial charge is 0.256 e. The van der Waals surface area contributed by atoms with Crippen LogP contribution in [-0.4, -0.2) is 31.9 Å². The van der Waals surface area contributed by atoms with E-state index in [0.717, 1.165) is 36.3 Å². The molecular weight excluding hydrogens is 374 g/mol. The zero-order valence-corrected chi connectivity index (χ0v) is 16.3.